The molecule has 1 aliphatic carbocycles. The quantitative estimate of drug-likeness (QED) is 0.481. The molecular weight excluding hydrogens is 188 g/mol. The van der Waals surface area contributed by atoms with E-state index in [1.807, 2.05) is 0 Å². The molecule has 2 rings (SSSR count). The molecule has 0 saturated heterocycles. The highest BCUT2D eigenvalue weighted by atomic mass is 32.1. The highest BCUT2D eigenvalue weighted by Crippen LogP contribution is 2.39. The van der Waals surface area contributed by atoms with Crippen molar-refractivity contribution in [3.05, 3.63) is 46.0 Å². The molecule has 0 heterocycles. The SMILES string of the molecule is CC1=C(C)[C@@H](S)c2c(C)cccc2C1. The van der Waals surface area contributed by atoms with Crippen LogP contribution in [0.4, 0.5) is 0 Å². The van der Waals surface area contributed by atoms with Crippen LogP contribution in [-0.2, 0) is 6.42 Å². The van der Waals surface area contributed by atoms with Crippen LogP contribution in [0.3, 0.4) is 0 Å². The highest BCUT2D eigenvalue weighted by Gasteiger charge is 2.21. The molecule has 1 aromatic rings. The van der Waals surface area contributed by atoms with Gasteiger partial charge in [0.15, 0.2) is 0 Å². The van der Waals surface area contributed by atoms with Gasteiger partial charge in [0, 0.05) is 5.25 Å². The van der Waals surface area contributed by atoms with Crippen LogP contribution in [0.25, 0.3) is 0 Å². The summed E-state index contributed by atoms with van der Waals surface area (Å²) in [5, 5.41) is 0.306. The Morgan fingerprint density at radius 1 is 1.21 bits per heavy atom. The molecule has 1 heteroatoms. The van der Waals surface area contributed by atoms with E-state index in [0.717, 1.165) is 6.42 Å². The van der Waals surface area contributed by atoms with Crippen molar-refractivity contribution in [2.75, 3.05) is 0 Å². The van der Waals surface area contributed by atoms with E-state index in [1.54, 1.807) is 0 Å². The molecule has 0 unspecified atom stereocenters. The summed E-state index contributed by atoms with van der Waals surface area (Å²) in [5.41, 5.74) is 7.15. The van der Waals surface area contributed by atoms with Gasteiger partial charge < -0.3 is 0 Å². The lowest BCUT2D eigenvalue weighted by Gasteiger charge is -2.26. The van der Waals surface area contributed by atoms with E-state index in [1.165, 1.54) is 27.8 Å². The molecule has 0 radical (unpaired) electrons. The van der Waals surface area contributed by atoms with Crippen LogP contribution in [0.2, 0.25) is 0 Å². The smallest absolute Gasteiger partial charge is 0.0481 e. The van der Waals surface area contributed by atoms with E-state index in [0.29, 0.717) is 5.25 Å². The number of rotatable bonds is 0. The summed E-state index contributed by atoms with van der Waals surface area (Å²) in [6, 6.07) is 6.54. The van der Waals surface area contributed by atoms with E-state index in [2.05, 4.69) is 39.0 Å². The number of thiol groups is 1. The van der Waals surface area contributed by atoms with Gasteiger partial charge in [-0.25, -0.2) is 0 Å². The minimum atomic E-state index is 0.306. The van der Waals surface area contributed by atoms with Gasteiger partial charge in [-0.05, 0) is 43.9 Å². The standard InChI is InChI=1S/C13H16S/c1-8-5-4-6-11-7-9(2)10(3)13(14)12(8)11/h4-6,13-14H,7H2,1-3H3/t13-/m1/s1. The fourth-order valence-electron chi connectivity index (χ4n) is 2.16. The van der Waals surface area contributed by atoms with Gasteiger partial charge in [-0.2, -0.15) is 12.6 Å². The predicted octanol–water partition coefficient (Wildman–Crippen LogP) is 3.86. The largest absolute Gasteiger partial charge is 0.167 e. The summed E-state index contributed by atoms with van der Waals surface area (Å²) in [4.78, 5) is 0. The molecule has 14 heavy (non-hydrogen) atoms. The van der Waals surface area contributed by atoms with Gasteiger partial charge in [0.1, 0.15) is 0 Å². The van der Waals surface area contributed by atoms with Crippen molar-refractivity contribution in [1.29, 1.82) is 0 Å². The molecule has 0 spiro atoms. The lowest BCUT2D eigenvalue weighted by Crippen LogP contribution is -2.09. The average Bonchev–Trinajstić information content (AvgIpc) is 2.14. The van der Waals surface area contributed by atoms with E-state index < -0.39 is 0 Å². The van der Waals surface area contributed by atoms with Crippen molar-refractivity contribution >= 4 is 12.6 Å². The second-order valence-corrected chi connectivity index (χ2v) is 4.71. The second kappa shape index (κ2) is 3.47. The summed E-state index contributed by atoms with van der Waals surface area (Å²) in [7, 11) is 0. The molecule has 0 aromatic heterocycles. The van der Waals surface area contributed by atoms with Crippen LogP contribution in [0.15, 0.2) is 29.3 Å². The van der Waals surface area contributed by atoms with Crippen molar-refractivity contribution in [1.82, 2.24) is 0 Å². The van der Waals surface area contributed by atoms with Crippen molar-refractivity contribution in [3.63, 3.8) is 0 Å². The van der Waals surface area contributed by atoms with Crippen molar-refractivity contribution in [3.8, 4) is 0 Å². The van der Waals surface area contributed by atoms with Gasteiger partial charge in [0.05, 0.1) is 0 Å². The number of aryl methyl sites for hydroxylation is 1. The lowest BCUT2D eigenvalue weighted by molar-refractivity contribution is 0.929. The topological polar surface area (TPSA) is 0 Å². The number of hydrogen-bond acceptors (Lipinski definition) is 1. The number of benzene rings is 1. The minimum Gasteiger partial charge on any atom is -0.167 e. The van der Waals surface area contributed by atoms with Gasteiger partial charge in [0.25, 0.3) is 0 Å². The molecule has 1 aliphatic rings. The summed E-state index contributed by atoms with van der Waals surface area (Å²) in [5.74, 6) is 0. The number of hydrogen-bond donors (Lipinski definition) is 1. The molecule has 0 saturated carbocycles. The Labute approximate surface area is 91.4 Å². The van der Waals surface area contributed by atoms with Gasteiger partial charge in [-0.3, -0.25) is 0 Å². The first kappa shape index (κ1) is 9.85. The fraction of sp³-hybridized carbons (Fsp3) is 0.385. The summed E-state index contributed by atoms with van der Waals surface area (Å²) < 4.78 is 0. The van der Waals surface area contributed by atoms with Crippen LogP contribution >= 0.6 is 12.6 Å². The Balaban J connectivity index is 2.59. The second-order valence-electron chi connectivity index (χ2n) is 4.19. The predicted molar refractivity (Wildman–Crippen MR) is 65.0 cm³/mol. The number of allylic oxidation sites excluding steroid dienone is 1. The zero-order valence-electron chi connectivity index (χ0n) is 8.96. The van der Waals surface area contributed by atoms with Crippen molar-refractivity contribution < 1.29 is 0 Å². The first-order chi connectivity index (χ1) is 6.61. The molecule has 0 bridgehead atoms. The first-order valence-electron chi connectivity index (χ1n) is 5.04. The van der Waals surface area contributed by atoms with Crippen LogP contribution in [0, 0.1) is 6.92 Å². The maximum Gasteiger partial charge on any atom is 0.0481 e. The molecule has 0 fully saturated rings. The van der Waals surface area contributed by atoms with Gasteiger partial charge >= 0.3 is 0 Å². The molecular formula is C13H16S. The zero-order valence-corrected chi connectivity index (χ0v) is 9.86. The van der Waals surface area contributed by atoms with E-state index in [4.69, 9.17) is 12.6 Å². The van der Waals surface area contributed by atoms with Gasteiger partial charge in [-0.15, -0.1) is 0 Å². The maximum absolute atomic E-state index is 4.71. The van der Waals surface area contributed by atoms with Crippen LogP contribution in [0.5, 0.6) is 0 Å². The normalized spacial score (nSPS) is 21.0. The third-order valence-electron chi connectivity index (χ3n) is 3.23. The van der Waals surface area contributed by atoms with E-state index >= 15 is 0 Å². The fourth-order valence-corrected chi connectivity index (χ4v) is 2.75. The van der Waals surface area contributed by atoms with Crippen molar-refractivity contribution in [2.45, 2.75) is 32.4 Å². The Morgan fingerprint density at radius 2 is 1.93 bits per heavy atom. The third kappa shape index (κ3) is 1.40. The van der Waals surface area contributed by atoms with Crippen LogP contribution in [-0.4, -0.2) is 0 Å². The lowest BCUT2D eigenvalue weighted by atomic mass is 9.85. The minimum absolute atomic E-state index is 0.306. The van der Waals surface area contributed by atoms with Crippen LogP contribution in [0.1, 0.15) is 35.8 Å². The molecule has 0 aliphatic heterocycles. The molecule has 1 atom stereocenters. The van der Waals surface area contributed by atoms with E-state index in [9.17, 15) is 0 Å². The Morgan fingerprint density at radius 3 is 2.64 bits per heavy atom. The first-order valence-corrected chi connectivity index (χ1v) is 5.55. The summed E-state index contributed by atoms with van der Waals surface area (Å²) in [6.07, 6.45) is 1.10. The van der Waals surface area contributed by atoms with Gasteiger partial charge in [0.2, 0.25) is 0 Å². The maximum atomic E-state index is 4.71. The number of fused-ring (bicyclic) bond motifs is 1. The van der Waals surface area contributed by atoms with Crippen LogP contribution < -0.4 is 0 Å². The Hall–Kier alpha value is -0.690. The molecule has 0 amide bonds. The average molecular weight is 204 g/mol. The molecule has 0 nitrogen and oxygen atoms in total. The monoisotopic (exact) mass is 204 g/mol. The zero-order chi connectivity index (χ0) is 10.3. The summed E-state index contributed by atoms with van der Waals surface area (Å²) in [6.45, 7) is 6.59. The Kier molecular flexibility index (Phi) is 2.44. The van der Waals surface area contributed by atoms with E-state index in [-0.39, 0.29) is 0 Å². The molecule has 0 N–H and O–H groups in total. The van der Waals surface area contributed by atoms with Gasteiger partial charge in [-0.1, -0.05) is 29.3 Å². The molecule has 1 aromatic carbocycles. The Bertz CT molecular complexity index is 402. The highest BCUT2D eigenvalue weighted by molar-refractivity contribution is 7.80. The third-order valence-corrected chi connectivity index (χ3v) is 3.87. The summed E-state index contributed by atoms with van der Waals surface area (Å²) >= 11 is 4.71. The molecule has 74 valence electrons. The van der Waals surface area contributed by atoms with Crippen molar-refractivity contribution in [2.24, 2.45) is 0 Å².